The van der Waals surface area contributed by atoms with Gasteiger partial charge in [0.2, 0.25) is 0 Å². The number of nitrogens with one attached hydrogen (secondary N) is 2. The number of aryl methyl sites for hydroxylation is 1. The third-order valence-electron chi connectivity index (χ3n) is 5.41. The van der Waals surface area contributed by atoms with Gasteiger partial charge in [0.15, 0.2) is 0 Å². The number of rotatable bonds is 2. The Kier molecular flexibility index (Phi) is 3.44. The monoisotopic (exact) mass is 287 g/mol. The highest BCUT2D eigenvalue weighted by atomic mass is 16.2. The molecule has 0 atom stereocenters. The van der Waals surface area contributed by atoms with Crippen molar-refractivity contribution in [3.05, 3.63) is 35.4 Å². The predicted octanol–water partition coefficient (Wildman–Crippen LogP) is 2.38. The first-order chi connectivity index (χ1) is 9.96. The Bertz CT molecular complexity index is 545. The standard InChI is InChI=1S/C17H25N3O/c1-13-5-4-6-14(11-13)17(20(2)3)9-7-16(8-10-17)12-18-15(21)19-16/h4-6,11H,7-10,12H2,1-3H3,(H2,18,19,21)/t16-,17+. The van der Waals surface area contributed by atoms with Crippen LogP contribution < -0.4 is 10.6 Å². The Morgan fingerprint density at radius 3 is 2.38 bits per heavy atom. The van der Waals surface area contributed by atoms with Crippen molar-refractivity contribution in [2.24, 2.45) is 0 Å². The highest BCUT2D eigenvalue weighted by molar-refractivity contribution is 5.77. The van der Waals surface area contributed by atoms with E-state index < -0.39 is 0 Å². The number of carbonyl (C=O) groups excluding carboxylic acids is 1. The Balaban J connectivity index is 1.86. The van der Waals surface area contributed by atoms with Crippen LogP contribution in [0.3, 0.4) is 0 Å². The van der Waals surface area contributed by atoms with Crippen LogP contribution in [-0.2, 0) is 5.54 Å². The number of carbonyl (C=O) groups is 1. The molecule has 0 bridgehead atoms. The summed E-state index contributed by atoms with van der Waals surface area (Å²) in [5.74, 6) is 0. The maximum absolute atomic E-state index is 11.5. The fourth-order valence-corrected chi connectivity index (χ4v) is 3.95. The number of urea groups is 1. The topological polar surface area (TPSA) is 44.4 Å². The summed E-state index contributed by atoms with van der Waals surface area (Å²) in [5.41, 5.74) is 2.77. The molecule has 1 aromatic carbocycles. The molecule has 1 aliphatic carbocycles. The van der Waals surface area contributed by atoms with Gasteiger partial charge in [-0.2, -0.15) is 0 Å². The second kappa shape index (κ2) is 5.02. The van der Waals surface area contributed by atoms with E-state index in [0.29, 0.717) is 0 Å². The molecule has 2 aliphatic rings. The lowest BCUT2D eigenvalue weighted by atomic mass is 9.68. The smallest absolute Gasteiger partial charge is 0.315 e. The van der Waals surface area contributed by atoms with Crippen LogP contribution in [0.1, 0.15) is 36.8 Å². The first-order valence-corrected chi connectivity index (χ1v) is 7.76. The molecule has 1 aliphatic heterocycles. The molecule has 1 aromatic rings. The summed E-state index contributed by atoms with van der Waals surface area (Å²) in [5, 5.41) is 6.06. The van der Waals surface area contributed by atoms with Gasteiger partial charge in [0.1, 0.15) is 0 Å². The average molecular weight is 287 g/mol. The molecular formula is C17H25N3O. The van der Waals surface area contributed by atoms with Crippen LogP contribution in [0.15, 0.2) is 24.3 Å². The minimum atomic E-state index is -0.0274. The largest absolute Gasteiger partial charge is 0.336 e. The van der Waals surface area contributed by atoms with Gasteiger partial charge in [0.25, 0.3) is 0 Å². The average Bonchev–Trinajstić information content (AvgIpc) is 2.81. The molecule has 1 spiro atoms. The molecular weight excluding hydrogens is 262 g/mol. The summed E-state index contributed by atoms with van der Waals surface area (Å²) in [6.45, 7) is 2.92. The Morgan fingerprint density at radius 2 is 1.86 bits per heavy atom. The molecule has 1 saturated heterocycles. The van der Waals surface area contributed by atoms with Gasteiger partial charge < -0.3 is 10.6 Å². The van der Waals surface area contributed by atoms with E-state index in [1.54, 1.807) is 0 Å². The lowest BCUT2D eigenvalue weighted by Crippen LogP contribution is -2.54. The van der Waals surface area contributed by atoms with E-state index >= 15 is 0 Å². The molecule has 4 heteroatoms. The molecule has 0 radical (unpaired) electrons. The molecule has 1 saturated carbocycles. The first kappa shape index (κ1) is 14.4. The summed E-state index contributed by atoms with van der Waals surface area (Å²) in [4.78, 5) is 13.9. The lowest BCUT2D eigenvalue weighted by Gasteiger charge is -2.48. The van der Waals surface area contributed by atoms with E-state index in [1.165, 1.54) is 11.1 Å². The zero-order valence-corrected chi connectivity index (χ0v) is 13.2. The fraction of sp³-hybridized carbons (Fsp3) is 0.588. The molecule has 2 amide bonds. The summed E-state index contributed by atoms with van der Waals surface area (Å²) in [6, 6.07) is 8.85. The van der Waals surface area contributed by atoms with Crippen LogP contribution in [0, 0.1) is 6.92 Å². The highest BCUT2D eigenvalue weighted by Gasteiger charge is 2.47. The number of nitrogens with zero attached hydrogens (tertiary/aromatic N) is 1. The van der Waals surface area contributed by atoms with Crippen molar-refractivity contribution < 1.29 is 4.79 Å². The van der Waals surface area contributed by atoms with Gasteiger partial charge >= 0.3 is 6.03 Å². The number of benzene rings is 1. The van der Waals surface area contributed by atoms with E-state index in [1.807, 2.05) is 0 Å². The first-order valence-electron chi connectivity index (χ1n) is 7.76. The predicted molar refractivity (Wildman–Crippen MR) is 84.3 cm³/mol. The summed E-state index contributed by atoms with van der Waals surface area (Å²) in [6.07, 6.45) is 4.20. The zero-order valence-electron chi connectivity index (χ0n) is 13.2. The van der Waals surface area contributed by atoms with Crippen molar-refractivity contribution in [3.63, 3.8) is 0 Å². The third-order valence-corrected chi connectivity index (χ3v) is 5.41. The molecule has 2 N–H and O–H groups in total. The summed E-state index contributed by atoms with van der Waals surface area (Å²) in [7, 11) is 4.34. The Morgan fingerprint density at radius 1 is 1.14 bits per heavy atom. The second-order valence-corrected chi connectivity index (χ2v) is 6.88. The molecule has 21 heavy (non-hydrogen) atoms. The van der Waals surface area contributed by atoms with E-state index in [9.17, 15) is 4.79 Å². The molecule has 3 rings (SSSR count). The minimum Gasteiger partial charge on any atom is -0.336 e. The van der Waals surface area contributed by atoms with E-state index in [2.05, 4.69) is 60.8 Å². The molecule has 1 heterocycles. The SMILES string of the molecule is Cc1cccc([C@]2(N(C)C)CC[C@@]3(CC2)CNC(=O)N3)c1. The Hall–Kier alpha value is -1.55. The van der Waals surface area contributed by atoms with Gasteiger partial charge in [0, 0.05) is 12.1 Å². The summed E-state index contributed by atoms with van der Waals surface area (Å²) < 4.78 is 0. The van der Waals surface area contributed by atoms with Gasteiger partial charge in [-0.15, -0.1) is 0 Å². The van der Waals surface area contributed by atoms with Crippen molar-refractivity contribution in [2.75, 3.05) is 20.6 Å². The molecule has 114 valence electrons. The third kappa shape index (κ3) is 2.42. The van der Waals surface area contributed by atoms with Gasteiger partial charge in [0.05, 0.1) is 5.54 Å². The Labute approximate surface area is 126 Å². The minimum absolute atomic E-state index is 0.0112. The quantitative estimate of drug-likeness (QED) is 0.877. The highest BCUT2D eigenvalue weighted by Crippen LogP contribution is 2.45. The molecule has 0 unspecified atom stereocenters. The van der Waals surface area contributed by atoms with Crippen LogP contribution >= 0.6 is 0 Å². The van der Waals surface area contributed by atoms with E-state index in [0.717, 1.165) is 32.2 Å². The van der Waals surface area contributed by atoms with Crippen LogP contribution in [0.5, 0.6) is 0 Å². The van der Waals surface area contributed by atoms with Crippen molar-refractivity contribution in [1.29, 1.82) is 0 Å². The van der Waals surface area contributed by atoms with Crippen molar-refractivity contribution in [1.82, 2.24) is 15.5 Å². The van der Waals surface area contributed by atoms with Crippen LogP contribution in [0.2, 0.25) is 0 Å². The van der Waals surface area contributed by atoms with E-state index in [-0.39, 0.29) is 17.1 Å². The zero-order chi connectivity index (χ0) is 15.1. The van der Waals surface area contributed by atoms with Crippen LogP contribution in [-0.4, -0.2) is 37.1 Å². The molecule has 0 aromatic heterocycles. The van der Waals surface area contributed by atoms with Gasteiger partial charge in [-0.05, 0) is 52.3 Å². The normalized spacial score (nSPS) is 32.3. The lowest BCUT2D eigenvalue weighted by molar-refractivity contribution is 0.0652. The van der Waals surface area contributed by atoms with Crippen molar-refractivity contribution >= 4 is 6.03 Å². The maximum Gasteiger partial charge on any atom is 0.315 e. The van der Waals surface area contributed by atoms with Gasteiger partial charge in [-0.3, -0.25) is 4.90 Å². The molecule has 2 fully saturated rings. The molecule has 4 nitrogen and oxygen atoms in total. The fourth-order valence-electron chi connectivity index (χ4n) is 3.95. The number of amides is 2. The van der Waals surface area contributed by atoms with Gasteiger partial charge in [-0.1, -0.05) is 29.8 Å². The second-order valence-electron chi connectivity index (χ2n) is 6.88. The van der Waals surface area contributed by atoms with Crippen LogP contribution in [0.4, 0.5) is 4.79 Å². The summed E-state index contributed by atoms with van der Waals surface area (Å²) >= 11 is 0. The van der Waals surface area contributed by atoms with Crippen molar-refractivity contribution in [2.45, 2.75) is 43.7 Å². The number of hydrogen-bond acceptors (Lipinski definition) is 2. The van der Waals surface area contributed by atoms with Crippen molar-refractivity contribution in [3.8, 4) is 0 Å². The van der Waals surface area contributed by atoms with Gasteiger partial charge in [-0.25, -0.2) is 4.79 Å². The van der Waals surface area contributed by atoms with Crippen LogP contribution in [0.25, 0.3) is 0 Å². The van der Waals surface area contributed by atoms with E-state index in [4.69, 9.17) is 0 Å². The maximum atomic E-state index is 11.5. The number of hydrogen-bond donors (Lipinski definition) is 2.